The molecule has 7 nitrogen and oxygen atoms in total. The number of aliphatic hydroxyl groups is 2. The molecule has 204 valence electrons. The smallest absolute Gasteiger partial charge is 0.330 e. The molecule has 0 radical (unpaired) electrons. The van der Waals surface area contributed by atoms with Gasteiger partial charge in [0.2, 0.25) is 0 Å². The first-order valence-corrected chi connectivity index (χ1v) is 13.6. The number of epoxide rings is 1. The molecule has 9 atom stereocenters. The Labute approximate surface area is 220 Å². The van der Waals surface area contributed by atoms with Crippen LogP contribution in [0.1, 0.15) is 58.8 Å². The minimum absolute atomic E-state index is 0.0863. The summed E-state index contributed by atoms with van der Waals surface area (Å²) in [6.07, 6.45) is 14.3. The van der Waals surface area contributed by atoms with Crippen molar-refractivity contribution < 1.29 is 34.0 Å². The number of carbonyl (C=O) groups excluding carboxylic acids is 1. The Kier molecular flexibility index (Phi) is 9.96. The lowest BCUT2D eigenvalue weighted by atomic mass is 9.91. The van der Waals surface area contributed by atoms with Crippen molar-refractivity contribution in [3.63, 3.8) is 0 Å². The summed E-state index contributed by atoms with van der Waals surface area (Å²) in [5, 5.41) is 21.7. The molecular formula is C30H42O7. The lowest BCUT2D eigenvalue weighted by molar-refractivity contribution is -0.148. The highest BCUT2D eigenvalue weighted by Gasteiger charge is 2.46. The second kappa shape index (κ2) is 13.2. The van der Waals surface area contributed by atoms with Crippen molar-refractivity contribution >= 4 is 5.97 Å². The molecule has 2 bridgehead atoms. The quantitative estimate of drug-likeness (QED) is 0.332. The molecule has 9 unspecified atom stereocenters. The predicted octanol–water partition coefficient (Wildman–Crippen LogP) is 4.11. The minimum atomic E-state index is -1.03. The van der Waals surface area contributed by atoms with E-state index in [4.69, 9.17) is 18.9 Å². The van der Waals surface area contributed by atoms with Gasteiger partial charge in [-0.05, 0) is 51.4 Å². The highest BCUT2D eigenvalue weighted by atomic mass is 16.6. The van der Waals surface area contributed by atoms with Gasteiger partial charge >= 0.3 is 5.97 Å². The van der Waals surface area contributed by atoms with Crippen LogP contribution in [-0.2, 0) is 23.7 Å². The third-order valence-electron chi connectivity index (χ3n) is 7.44. The maximum Gasteiger partial charge on any atom is 0.330 e. The van der Waals surface area contributed by atoms with E-state index in [-0.39, 0.29) is 36.9 Å². The third-order valence-corrected chi connectivity index (χ3v) is 7.44. The number of carbonyl (C=O) groups is 1. The minimum Gasteiger partial charge on any atom is -0.456 e. The van der Waals surface area contributed by atoms with Crippen molar-refractivity contribution in [2.75, 3.05) is 6.61 Å². The van der Waals surface area contributed by atoms with E-state index < -0.39 is 24.3 Å². The standard InChI is InChI=1S/C30H42O7/c1-19-12-13-34-23(15-19)10-11-25(31)27-18-28-30(37-28)26(32)17-21(3)14-20(2)16-24-8-4-6-22(35-24)7-5-9-29(33)36-27/h4-6,9-12,20,22-28,30-32H,3,7-8,13-18H2,1-2H3/b9-5-,11-10?. The van der Waals surface area contributed by atoms with Crippen LogP contribution in [0.3, 0.4) is 0 Å². The zero-order chi connectivity index (χ0) is 26.4. The lowest BCUT2D eigenvalue weighted by Crippen LogP contribution is -2.32. The van der Waals surface area contributed by atoms with Crippen molar-refractivity contribution in [2.24, 2.45) is 5.92 Å². The number of hydrogen-bond acceptors (Lipinski definition) is 7. The fourth-order valence-electron chi connectivity index (χ4n) is 5.45. The molecule has 1 saturated heterocycles. The summed E-state index contributed by atoms with van der Waals surface area (Å²) in [6, 6.07) is 0. The number of ether oxygens (including phenoxy) is 4. The number of hydrogen-bond donors (Lipinski definition) is 2. The van der Waals surface area contributed by atoms with Gasteiger partial charge in [0.05, 0.1) is 37.1 Å². The Morgan fingerprint density at radius 1 is 1.14 bits per heavy atom. The number of fused-ring (bicyclic) bond motifs is 3. The average Bonchev–Trinajstić information content (AvgIpc) is 3.61. The van der Waals surface area contributed by atoms with Gasteiger partial charge < -0.3 is 29.2 Å². The molecule has 4 aliphatic heterocycles. The predicted molar refractivity (Wildman–Crippen MR) is 141 cm³/mol. The van der Waals surface area contributed by atoms with Gasteiger partial charge in [-0.25, -0.2) is 4.79 Å². The Hall–Kier alpha value is -2.03. The number of rotatable bonds is 3. The fraction of sp³-hybridized carbons (Fsp3) is 0.633. The first-order chi connectivity index (χ1) is 17.8. The van der Waals surface area contributed by atoms with Crippen molar-refractivity contribution in [3.05, 3.63) is 60.3 Å². The fourth-order valence-corrected chi connectivity index (χ4v) is 5.45. The highest BCUT2D eigenvalue weighted by Crippen LogP contribution is 2.35. The van der Waals surface area contributed by atoms with E-state index in [0.29, 0.717) is 25.4 Å². The highest BCUT2D eigenvalue weighted by molar-refractivity contribution is 5.82. The van der Waals surface area contributed by atoms with E-state index in [2.05, 4.69) is 26.5 Å². The first kappa shape index (κ1) is 28.0. The molecule has 0 spiro atoms. The van der Waals surface area contributed by atoms with Crippen molar-refractivity contribution in [1.29, 1.82) is 0 Å². The third kappa shape index (κ3) is 8.76. The summed E-state index contributed by atoms with van der Waals surface area (Å²) in [5.41, 5.74) is 2.23. The van der Waals surface area contributed by atoms with Crippen LogP contribution in [0.5, 0.6) is 0 Å². The van der Waals surface area contributed by atoms with Gasteiger partial charge in [0.25, 0.3) is 0 Å². The molecule has 0 amide bonds. The van der Waals surface area contributed by atoms with Crippen LogP contribution in [0.2, 0.25) is 0 Å². The van der Waals surface area contributed by atoms with Gasteiger partial charge in [0.1, 0.15) is 18.3 Å². The van der Waals surface area contributed by atoms with Crippen LogP contribution in [0.4, 0.5) is 0 Å². The lowest BCUT2D eigenvalue weighted by Gasteiger charge is -2.28. The Morgan fingerprint density at radius 2 is 1.97 bits per heavy atom. The maximum atomic E-state index is 12.6. The topological polar surface area (TPSA) is 97.8 Å². The molecule has 4 heterocycles. The Morgan fingerprint density at radius 3 is 2.78 bits per heavy atom. The first-order valence-electron chi connectivity index (χ1n) is 13.6. The molecule has 0 aromatic rings. The molecular weight excluding hydrogens is 472 g/mol. The van der Waals surface area contributed by atoms with Crippen molar-refractivity contribution in [1.82, 2.24) is 0 Å². The van der Waals surface area contributed by atoms with Gasteiger partial charge in [-0.1, -0.05) is 61.1 Å². The SMILES string of the molecule is C=C1CC(C)CC2CC=CC(C/C=C\C(=O)OC(C(O)C=CC3CC(C)=CCO3)CC3OC3C(O)C1)O2. The van der Waals surface area contributed by atoms with Gasteiger partial charge in [0, 0.05) is 12.5 Å². The molecule has 0 aliphatic carbocycles. The zero-order valence-electron chi connectivity index (χ0n) is 22.0. The van der Waals surface area contributed by atoms with E-state index in [1.807, 2.05) is 18.2 Å². The van der Waals surface area contributed by atoms with E-state index in [1.165, 1.54) is 11.6 Å². The molecule has 7 heteroatoms. The second-order valence-electron chi connectivity index (χ2n) is 11.0. The van der Waals surface area contributed by atoms with Crippen LogP contribution >= 0.6 is 0 Å². The van der Waals surface area contributed by atoms with E-state index in [1.54, 1.807) is 12.2 Å². The molecule has 4 aliphatic rings. The molecule has 0 aromatic heterocycles. The number of aliphatic hydroxyl groups excluding tert-OH is 2. The van der Waals surface area contributed by atoms with Crippen LogP contribution < -0.4 is 0 Å². The summed E-state index contributed by atoms with van der Waals surface area (Å²) < 4.78 is 23.4. The molecule has 0 saturated carbocycles. The van der Waals surface area contributed by atoms with Crippen LogP contribution in [0.15, 0.2) is 60.3 Å². The largest absolute Gasteiger partial charge is 0.456 e. The van der Waals surface area contributed by atoms with E-state index in [0.717, 1.165) is 31.3 Å². The van der Waals surface area contributed by atoms with Crippen LogP contribution in [0, 0.1) is 5.92 Å². The number of esters is 1. The summed E-state index contributed by atoms with van der Waals surface area (Å²) in [6.45, 7) is 8.98. The zero-order valence-corrected chi connectivity index (χ0v) is 22.0. The van der Waals surface area contributed by atoms with Gasteiger partial charge in [-0.2, -0.15) is 0 Å². The van der Waals surface area contributed by atoms with Crippen molar-refractivity contribution in [3.8, 4) is 0 Å². The summed E-state index contributed by atoms with van der Waals surface area (Å²) in [4.78, 5) is 12.6. The average molecular weight is 515 g/mol. The van der Waals surface area contributed by atoms with E-state index in [9.17, 15) is 15.0 Å². The van der Waals surface area contributed by atoms with Crippen molar-refractivity contribution in [2.45, 2.75) is 108 Å². The Bertz CT molecular complexity index is 919. The maximum absolute atomic E-state index is 12.6. The van der Waals surface area contributed by atoms with Gasteiger partial charge in [-0.3, -0.25) is 0 Å². The van der Waals surface area contributed by atoms with Gasteiger partial charge in [0.15, 0.2) is 0 Å². The number of cyclic esters (lactones) is 1. The summed E-state index contributed by atoms with van der Waals surface area (Å²) in [5.74, 6) is -0.141. The molecule has 0 aromatic carbocycles. The van der Waals surface area contributed by atoms with Crippen LogP contribution in [0.25, 0.3) is 0 Å². The second-order valence-corrected chi connectivity index (χ2v) is 11.0. The molecule has 2 N–H and O–H groups in total. The molecule has 4 rings (SSSR count). The Balaban J connectivity index is 1.44. The summed E-state index contributed by atoms with van der Waals surface area (Å²) >= 11 is 0. The van der Waals surface area contributed by atoms with E-state index >= 15 is 0 Å². The van der Waals surface area contributed by atoms with Gasteiger partial charge in [-0.15, -0.1) is 0 Å². The normalized spacial score (nSPS) is 39.6. The monoisotopic (exact) mass is 514 g/mol. The molecule has 1 fully saturated rings. The van der Waals surface area contributed by atoms with Crippen LogP contribution in [-0.4, -0.2) is 71.6 Å². The summed E-state index contributed by atoms with van der Waals surface area (Å²) in [7, 11) is 0. The molecule has 37 heavy (non-hydrogen) atoms.